The first-order valence-electron chi connectivity index (χ1n) is 11.5. The first kappa shape index (κ1) is 26.9. The molecule has 0 radical (unpaired) electrons. The first-order valence-corrected chi connectivity index (χ1v) is 12.3. The summed E-state index contributed by atoms with van der Waals surface area (Å²) in [5.41, 5.74) is 4.01. The van der Waals surface area contributed by atoms with Crippen LogP contribution < -0.4 is 5.32 Å². The third-order valence-electron chi connectivity index (χ3n) is 6.37. The third kappa shape index (κ3) is 5.16. The van der Waals surface area contributed by atoms with Crippen molar-refractivity contribution in [2.45, 2.75) is 30.2 Å². The number of benzene rings is 2. The molecule has 1 aromatic heterocycles. The van der Waals surface area contributed by atoms with Gasteiger partial charge in [0.1, 0.15) is 18.1 Å². The number of anilines is 1. The number of phenolic OH excluding ortho intramolecular Hbond substituents is 1. The van der Waals surface area contributed by atoms with Crippen molar-refractivity contribution in [2.75, 3.05) is 51.2 Å². The van der Waals surface area contributed by atoms with E-state index in [4.69, 9.17) is 9.84 Å². The van der Waals surface area contributed by atoms with Crippen LogP contribution in [0.15, 0.2) is 40.1 Å². The van der Waals surface area contributed by atoms with Crippen LogP contribution in [-0.2, 0) is 11.3 Å². The summed E-state index contributed by atoms with van der Waals surface area (Å²) in [6.45, 7) is 10.5. The molecule has 0 atom stereocenters. The molecule has 0 bridgehead atoms. The minimum atomic E-state index is -0.242. The Kier molecular flexibility index (Phi) is 8.76. The van der Waals surface area contributed by atoms with Gasteiger partial charge in [-0.15, -0.1) is 12.4 Å². The summed E-state index contributed by atoms with van der Waals surface area (Å²) in [6.07, 6.45) is -0.242. The molecule has 3 aromatic rings. The molecule has 0 spiro atoms. The Balaban J connectivity index is 0.00000171. The van der Waals surface area contributed by atoms with Gasteiger partial charge in [-0.1, -0.05) is 25.6 Å². The monoisotopic (exact) mass is 521 g/mol. The van der Waals surface area contributed by atoms with Crippen molar-refractivity contribution in [1.82, 2.24) is 19.6 Å². The Morgan fingerprint density at radius 3 is 2.71 bits per heavy atom. The number of rotatable bonds is 9. The number of hydrogen-bond acceptors (Lipinski definition) is 7. The van der Waals surface area contributed by atoms with Crippen molar-refractivity contribution in [2.24, 2.45) is 0 Å². The van der Waals surface area contributed by atoms with E-state index < -0.39 is 0 Å². The largest absolute Gasteiger partial charge is 0.508 e. The number of aromatic hydroxyl groups is 1. The summed E-state index contributed by atoms with van der Waals surface area (Å²) in [5, 5.41) is 19.8. The lowest BCUT2D eigenvalue weighted by Crippen LogP contribution is -2.29. The van der Waals surface area contributed by atoms with Gasteiger partial charge in [-0.3, -0.25) is 4.68 Å². The van der Waals surface area contributed by atoms with Crippen LogP contribution in [0.5, 0.6) is 5.75 Å². The average Bonchev–Trinajstić information content (AvgIpc) is 3.40. The Labute approximate surface area is 215 Å². The van der Waals surface area contributed by atoms with Gasteiger partial charge in [0.25, 0.3) is 0 Å². The van der Waals surface area contributed by atoms with E-state index in [-0.39, 0.29) is 29.7 Å². The smallest absolute Gasteiger partial charge is 0.409 e. The standard InChI is InChI=1S/C24H29N5O3S.ClH.H2O/c1-3-27(4-2)11-12-29-19-7-6-18(25-9-10-28-13-14-32-24(28)31)23-21(19)22(26-29)17-15-16(30)5-8-20(17)33-23;;/h5-8,15,25,30H,3-4,9-14H2,1-2H3;1H;1H2. The molecule has 2 aromatic carbocycles. The number of amides is 1. The van der Waals surface area contributed by atoms with Crippen molar-refractivity contribution in [3.63, 3.8) is 0 Å². The zero-order valence-corrected chi connectivity index (χ0v) is 21.5. The zero-order chi connectivity index (χ0) is 22.9. The van der Waals surface area contributed by atoms with E-state index >= 15 is 0 Å². The van der Waals surface area contributed by atoms with Gasteiger partial charge in [-0.05, 0) is 43.4 Å². The van der Waals surface area contributed by atoms with Gasteiger partial charge in [0.2, 0.25) is 0 Å². The van der Waals surface area contributed by atoms with Crippen LogP contribution in [0.4, 0.5) is 10.5 Å². The van der Waals surface area contributed by atoms with E-state index in [9.17, 15) is 9.90 Å². The molecular formula is C24H32ClN5O4S. The van der Waals surface area contributed by atoms with Gasteiger partial charge in [-0.25, -0.2) is 4.79 Å². The van der Waals surface area contributed by atoms with Crippen molar-refractivity contribution in [1.29, 1.82) is 0 Å². The molecule has 0 unspecified atom stereocenters. The molecule has 2 aliphatic rings. The lowest BCUT2D eigenvalue weighted by molar-refractivity contribution is 0.159. The number of ether oxygens (including phenoxy) is 1. The molecule has 0 saturated carbocycles. The second-order valence-electron chi connectivity index (χ2n) is 8.25. The maximum atomic E-state index is 11.7. The number of carbonyl (C=O) groups is 1. The van der Waals surface area contributed by atoms with Crippen LogP contribution in [0.1, 0.15) is 13.8 Å². The van der Waals surface area contributed by atoms with Crippen molar-refractivity contribution in [3.8, 4) is 17.0 Å². The van der Waals surface area contributed by atoms with Crippen molar-refractivity contribution >= 4 is 46.9 Å². The van der Waals surface area contributed by atoms with E-state index in [0.29, 0.717) is 26.2 Å². The molecule has 1 saturated heterocycles. The second kappa shape index (κ2) is 11.4. The molecule has 1 fully saturated rings. The van der Waals surface area contributed by atoms with Crippen LogP contribution in [-0.4, -0.2) is 82.1 Å². The molecule has 1 amide bonds. The van der Waals surface area contributed by atoms with Crippen LogP contribution in [0.3, 0.4) is 0 Å². The average molecular weight is 522 g/mol. The van der Waals surface area contributed by atoms with Gasteiger partial charge in [0.15, 0.2) is 0 Å². The van der Waals surface area contributed by atoms with Crippen molar-refractivity contribution in [3.05, 3.63) is 30.3 Å². The minimum absolute atomic E-state index is 0. The minimum Gasteiger partial charge on any atom is -0.508 e. The van der Waals surface area contributed by atoms with Crippen LogP contribution >= 0.6 is 24.2 Å². The number of phenols is 1. The number of nitrogens with zero attached hydrogens (tertiary/aromatic N) is 4. The van der Waals surface area contributed by atoms with Gasteiger partial charge in [0.05, 0.1) is 18.6 Å². The Morgan fingerprint density at radius 1 is 1.20 bits per heavy atom. The Hall–Kier alpha value is -2.66. The first-order chi connectivity index (χ1) is 16.1. The zero-order valence-electron chi connectivity index (χ0n) is 19.9. The lowest BCUT2D eigenvalue weighted by atomic mass is 10.1. The summed E-state index contributed by atoms with van der Waals surface area (Å²) < 4.78 is 7.12. The SMILES string of the molecule is CCN(CC)CCn1nc2c3c(c(NCCN4CCOC4=O)ccc31)Sc1ccc(O)cc1-2.Cl.O. The molecule has 11 heteroatoms. The highest BCUT2D eigenvalue weighted by atomic mass is 35.5. The fourth-order valence-electron chi connectivity index (χ4n) is 4.48. The maximum absolute atomic E-state index is 11.7. The fraction of sp³-hybridized carbons (Fsp3) is 0.417. The van der Waals surface area contributed by atoms with Gasteiger partial charge >= 0.3 is 6.09 Å². The molecule has 3 heterocycles. The molecule has 4 N–H and O–H groups in total. The number of hydrogen-bond donors (Lipinski definition) is 2. The van der Waals surface area contributed by atoms with Crippen LogP contribution in [0.25, 0.3) is 22.2 Å². The molecule has 2 aliphatic heterocycles. The number of likely N-dealkylation sites (N-methyl/N-ethyl adjacent to an activating group) is 1. The number of carbonyl (C=O) groups excluding carboxylic acids is 1. The molecule has 5 rings (SSSR count). The molecule has 190 valence electrons. The number of halogens is 1. The highest BCUT2D eigenvalue weighted by Gasteiger charge is 2.27. The lowest BCUT2D eigenvalue weighted by Gasteiger charge is -2.20. The number of fused-ring (bicyclic) bond motifs is 2. The van der Waals surface area contributed by atoms with E-state index in [1.165, 1.54) is 0 Å². The summed E-state index contributed by atoms with van der Waals surface area (Å²) >= 11 is 1.70. The number of aromatic nitrogens is 2. The topological polar surface area (TPSA) is 114 Å². The van der Waals surface area contributed by atoms with Gasteiger partial charge in [0, 0.05) is 46.1 Å². The summed E-state index contributed by atoms with van der Waals surface area (Å²) in [6, 6.07) is 9.72. The fourth-order valence-corrected chi connectivity index (χ4v) is 5.65. The Morgan fingerprint density at radius 2 is 2.00 bits per heavy atom. The third-order valence-corrected chi connectivity index (χ3v) is 7.57. The van der Waals surface area contributed by atoms with Crippen LogP contribution in [0.2, 0.25) is 0 Å². The quantitative estimate of drug-likeness (QED) is 0.345. The Bertz CT molecular complexity index is 1200. The van der Waals surface area contributed by atoms with E-state index in [2.05, 4.69) is 40.9 Å². The number of nitrogens with one attached hydrogen (secondary N) is 1. The maximum Gasteiger partial charge on any atom is 0.409 e. The predicted molar refractivity (Wildman–Crippen MR) is 141 cm³/mol. The summed E-state index contributed by atoms with van der Waals surface area (Å²) in [5.74, 6) is 0.246. The number of cyclic esters (lactones) is 1. The van der Waals surface area contributed by atoms with Crippen LogP contribution in [0, 0.1) is 0 Å². The van der Waals surface area contributed by atoms with Gasteiger partial charge < -0.3 is 30.4 Å². The highest BCUT2D eigenvalue weighted by molar-refractivity contribution is 8.00. The summed E-state index contributed by atoms with van der Waals surface area (Å²) in [4.78, 5) is 18.1. The second-order valence-corrected chi connectivity index (χ2v) is 9.30. The van der Waals surface area contributed by atoms with Crippen molar-refractivity contribution < 1.29 is 20.1 Å². The highest BCUT2D eigenvalue weighted by Crippen LogP contribution is 2.51. The normalized spacial score (nSPS) is 13.9. The molecule has 0 aliphatic carbocycles. The predicted octanol–water partition coefficient (Wildman–Crippen LogP) is 3.68. The van der Waals surface area contributed by atoms with E-state index in [1.54, 1.807) is 28.8 Å². The molecule has 9 nitrogen and oxygen atoms in total. The summed E-state index contributed by atoms with van der Waals surface area (Å²) in [7, 11) is 0. The molecule has 35 heavy (non-hydrogen) atoms. The van der Waals surface area contributed by atoms with E-state index in [0.717, 1.165) is 63.8 Å². The van der Waals surface area contributed by atoms with E-state index in [1.807, 2.05) is 6.07 Å². The molecular weight excluding hydrogens is 490 g/mol. The van der Waals surface area contributed by atoms with Gasteiger partial charge in [-0.2, -0.15) is 5.10 Å².